The Hall–Kier alpha value is -0.570. The van der Waals surface area contributed by atoms with Crippen LogP contribution in [0, 0.1) is 5.92 Å². The van der Waals surface area contributed by atoms with Gasteiger partial charge < -0.3 is 10.2 Å². The number of piperidine rings is 1. The first kappa shape index (κ1) is 11.5. The zero-order chi connectivity index (χ0) is 11.7. The van der Waals surface area contributed by atoms with Gasteiger partial charge in [0, 0.05) is 12.6 Å². The summed E-state index contributed by atoms with van der Waals surface area (Å²) in [6.07, 6.45) is 10.1. The molecule has 3 rings (SSSR count). The molecule has 1 saturated carbocycles. The third-order valence-corrected chi connectivity index (χ3v) is 4.90. The number of rotatable bonds is 1. The normalized spacial score (nSPS) is 37.9. The van der Waals surface area contributed by atoms with Gasteiger partial charge in [-0.2, -0.15) is 0 Å². The minimum Gasteiger partial charge on any atom is -0.338 e. The molecular formula is C14H24N2O. The maximum atomic E-state index is 12.5. The highest BCUT2D eigenvalue weighted by molar-refractivity contribution is 5.82. The SMILES string of the molecule is O=C([C@H]1CCCCN1)N1CCC2CCCCC21. The van der Waals surface area contributed by atoms with Crippen molar-refractivity contribution in [2.24, 2.45) is 5.92 Å². The molecule has 0 spiro atoms. The molecule has 96 valence electrons. The minimum absolute atomic E-state index is 0.129. The monoisotopic (exact) mass is 236 g/mol. The molecule has 2 heterocycles. The standard InChI is InChI=1S/C14H24N2O/c17-14(12-6-3-4-9-15-12)16-10-8-11-5-1-2-7-13(11)16/h11-13,15H,1-10H2/t11?,12-,13?/m1/s1. The Balaban J connectivity index is 1.65. The van der Waals surface area contributed by atoms with Crippen LogP contribution in [0.1, 0.15) is 51.4 Å². The van der Waals surface area contributed by atoms with Gasteiger partial charge in [0.25, 0.3) is 0 Å². The highest BCUT2D eigenvalue weighted by atomic mass is 16.2. The van der Waals surface area contributed by atoms with E-state index in [9.17, 15) is 4.79 Å². The Bertz CT molecular complexity index is 286. The quantitative estimate of drug-likeness (QED) is 0.754. The Labute approximate surface area is 104 Å². The molecule has 3 nitrogen and oxygen atoms in total. The van der Waals surface area contributed by atoms with E-state index in [0.29, 0.717) is 11.9 Å². The molecule has 0 radical (unpaired) electrons. The first-order chi connectivity index (χ1) is 8.36. The summed E-state index contributed by atoms with van der Waals surface area (Å²) in [7, 11) is 0. The van der Waals surface area contributed by atoms with Crippen molar-refractivity contribution in [2.75, 3.05) is 13.1 Å². The second-order valence-electron chi connectivity index (χ2n) is 5.93. The van der Waals surface area contributed by atoms with E-state index < -0.39 is 0 Å². The van der Waals surface area contributed by atoms with Gasteiger partial charge >= 0.3 is 0 Å². The van der Waals surface area contributed by atoms with Gasteiger partial charge in [0.2, 0.25) is 5.91 Å². The first-order valence-corrected chi connectivity index (χ1v) is 7.40. The summed E-state index contributed by atoms with van der Waals surface area (Å²) in [5.74, 6) is 1.22. The lowest BCUT2D eigenvalue weighted by atomic mass is 9.85. The van der Waals surface area contributed by atoms with E-state index in [-0.39, 0.29) is 6.04 Å². The smallest absolute Gasteiger partial charge is 0.239 e. The third kappa shape index (κ3) is 2.22. The summed E-state index contributed by atoms with van der Waals surface area (Å²) < 4.78 is 0. The van der Waals surface area contributed by atoms with Crippen molar-refractivity contribution in [1.29, 1.82) is 0 Å². The fraction of sp³-hybridized carbons (Fsp3) is 0.929. The van der Waals surface area contributed by atoms with Crippen LogP contribution in [0.25, 0.3) is 0 Å². The second kappa shape index (κ2) is 4.97. The Kier molecular flexibility index (Phi) is 3.37. The molecule has 1 amide bonds. The zero-order valence-electron chi connectivity index (χ0n) is 10.7. The van der Waals surface area contributed by atoms with E-state index in [4.69, 9.17) is 0 Å². The van der Waals surface area contributed by atoms with Gasteiger partial charge in [-0.3, -0.25) is 4.79 Å². The maximum absolute atomic E-state index is 12.5. The van der Waals surface area contributed by atoms with E-state index in [2.05, 4.69) is 10.2 Å². The van der Waals surface area contributed by atoms with E-state index >= 15 is 0 Å². The van der Waals surface area contributed by atoms with Gasteiger partial charge in [-0.1, -0.05) is 19.3 Å². The molecule has 2 saturated heterocycles. The van der Waals surface area contributed by atoms with Crippen molar-refractivity contribution in [3.63, 3.8) is 0 Å². The molecule has 2 unspecified atom stereocenters. The Morgan fingerprint density at radius 3 is 2.65 bits per heavy atom. The largest absolute Gasteiger partial charge is 0.338 e. The van der Waals surface area contributed by atoms with Crippen LogP contribution >= 0.6 is 0 Å². The van der Waals surface area contributed by atoms with E-state index in [1.165, 1.54) is 44.9 Å². The van der Waals surface area contributed by atoms with Crippen molar-refractivity contribution in [3.8, 4) is 0 Å². The Morgan fingerprint density at radius 1 is 1.00 bits per heavy atom. The van der Waals surface area contributed by atoms with Crippen LogP contribution in [0.3, 0.4) is 0 Å². The average molecular weight is 236 g/mol. The molecule has 2 aliphatic heterocycles. The highest BCUT2D eigenvalue weighted by Gasteiger charge is 2.40. The van der Waals surface area contributed by atoms with Crippen LogP contribution in [0.4, 0.5) is 0 Å². The number of likely N-dealkylation sites (tertiary alicyclic amines) is 1. The molecule has 0 aromatic carbocycles. The van der Waals surface area contributed by atoms with Gasteiger partial charge in [-0.05, 0) is 44.6 Å². The number of nitrogens with one attached hydrogen (secondary N) is 1. The molecule has 1 N–H and O–H groups in total. The predicted octanol–water partition coefficient (Wildman–Crippen LogP) is 1.92. The lowest BCUT2D eigenvalue weighted by Gasteiger charge is -2.35. The summed E-state index contributed by atoms with van der Waals surface area (Å²) >= 11 is 0. The van der Waals surface area contributed by atoms with Crippen LogP contribution in [0.15, 0.2) is 0 Å². The Morgan fingerprint density at radius 2 is 1.82 bits per heavy atom. The average Bonchev–Trinajstić information content (AvgIpc) is 2.83. The van der Waals surface area contributed by atoms with Gasteiger partial charge in [0.15, 0.2) is 0 Å². The number of fused-ring (bicyclic) bond motifs is 1. The molecule has 3 atom stereocenters. The molecule has 0 aromatic heterocycles. The van der Waals surface area contributed by atoms with E-state index in [1.807, 2.05) is 0 Å². The van der Waals surface area contributed by atoms with Crippen LogP contribution in [0.2, 0.25) is 0 Å². The van der Waals surface area contributed by atoms with Crippen LogP contribution in [-0.4, -0.2) is 36.0 Å². The van der Waals surface area contributed by atoms with Crippen molar-refractivity contribution >= 4 is 5.91 Å². The van der Waals surface area contributed by atoms with Crippen molar-refractivity contribution < 1.29 is 4.79 Å². The summed E-state index contributed by atoms with van der Waals surface area (Å²) in [6, 6.07) is 0.712. The van der Waals surface area contributed by atoms with Crippen LogP contribution in [-0.2, 0) is 4.79 Å². The second-order valence-corrected chi connectivity index (χ2v) is 5.93. The minimum atomic E-state index is 0.129. The molecule has 0 aromatic rings. The van der Waals surface area contributed by atoms with Crippen LogP contribution < -0.4 is 5.32 Å². The lowest BCUT2D eigenvalue weighted by molar-refractivity contribution is -0.135. The molecule has 17 heavy (non-hydrogen) atoms. The van der Waals surface area contributed by atoms with Crippen LogP contribution in [0.5, 0.6) is 0 Å². The molecule has 3 heteroatoms. The molecule has 1 aliphatic carbocycles. The number of amides is 1. The molecule has 3 fully saturated rings. The number of nitrogens with zero attached hydrogens (tertiary/aromatic N) is 1. The van der Waals surface area contributed by atoms with Crippen molar-refractivity contribution in [3.05, 3.63) is 0 Å². The van der Waals surface area contributed by atoms with Gasteiger partial charge in [0.05, 0.1) is 6.04 Å². The fourth-order valence-electron chi connectivity index (χ4n) is 3.94. The highest BCUT2D eigenvalue weighted by Crippen LogP contribution is 2.36. The van der Waals surface area contributed by atoms with Crippen molar-refractivity contribution in [1.82, 2.24) is 10.2 Å². The topological polar surface area (TPSA) is 32.3 Å². The van der Waals surface area contributed by atoms with Gasteiger partial charge in [-0.25, -0.2) is 0 Å². The molecular weight excluding hydrogens is 212 g/mol. The fourth-order valence-corrected chi connectivity index (χ4v) is 3.94. The summed E-state index contributed by atoms with van der Waals surface area (Å²) in [6.45, 7) is 2.05. The maximum Gasteiger partial charge on any atom is 0.239 e. The van der Waals surface area contributed by atoms with Crippen molar-refractivity contribution in [2.45, 2.75) is 63.5 Å². The molecule has 0 bridgehead atoms. The third-order valence-electron chi connectivity index (χ3n) is 4.90. The number of hydrogen-bond donors (Lipinski definition) is 1. The van der Waals surface area contributed by atoms with Gasteiger partial charge in [-0.15, -0.1) is 0 Å². The number of carbonyl (C=O) groups is 1. The van der Waals surface area contributed by atoms with Gasteiger partial charge in [0.1, 0.15) is 0 Å². The predicted molar refractivity (Wildman–Crippen MR) is 67.7 cm³/mol. The zero-order valence-corrected chi connectivity index (χ0v) is 10.7. The van der Waals surface area contributed by atoms with E-state index in [0.717, 1.165) is 25.4 Å². The summed E-state index contributed by atoms with van der Waals surface area (Å²) in [5, 5.41) is 3.40. The summed E-state index contributed by atoms with van der Waals surface area (Å²) in [5.41, 5.74) is 0. The molecule has 3 aliphatic rings. The number of carbonyl (C=O) groups excluding carboxylic acids is 1. The van der Waals surface area contributed by atoms with E-state index in [1.54, 1.807) is 0 Å². The summed E-state index contributed by atoms with van der Waals surface area (Å²) in [4.78, 5) is 14.7. The number of hydrogen-bond acceptors (Lipinski definition) is 2. The first-order valence-electron chi connectivity index (χ1n) is 7.40. The lowest BCUT2D eigenvalue weighted by Crippen LogP contribution is -2.51.